The van der Waals surface area contributed by atoms with Crippen LogP contribution in [0, 0.1) is 0 Å². The normalized spacial score (nSPS) is 12.6. The van der Waals surface area contributed by atoms with Crippen LogP contribution in [0.1, 0.15) is 5.56 Å². The fraction of sp³-hybridized carbons (Fsp3) is 0.294. The van der Waals surface area contributed by atoms with Gasteiger partial charge in [-0.05, 0) is 23.7 Å². The molecule has 0 heterocycles. The third-order valence-corrected chi connectivity index (χ3v) is 3.36. The van der Waals surface area contributed by atoms with Gasteiger partial charge in [-0.25, -0.2) is 0 Å². The summed E-state index contributed by atoms with van der Waals surface area (Å²) in [7, 11) is 2.07. The summed E-state index contributed by atoms with van der Waals surface area (Å²) in [5.74, 6) is 0. The Bertz CT molecular complexity index is 508. The molecule has 4 N–H and O–H groups in total. The predicted molar refractivity (Wildman–Crippen MR) is 85.2 cm³/mol. The van der Waals surface area contributed by atoms with Crippen LogP contribution in [0.4, 0.5) is 0 Å². The number of benzene rings is 2. The molecule has 0 aliphatic heterocycles. The Hall–Kier alpha value is -1.68. The third-order valence-electron chi connectivity index (χ3n) is 3.36. The maximum Gasteiger partial charge on any atom is 0.0292 e. The smallest absolute Gasteiger partial charge is 0.0292 e. The number of rotatable bonds is 6. The molecule has 0 amide bonds. The molecule has 2 aromatic rings. The molecule has 0 saturated heterocycles. The van der Waals surface area contributed by atoms with Crippen molar-refractivity contribution in [2.45, 2.75) is 12.6 Å². The Kier molecular flexibility index (Phi) is 5.30. The molecular formula is C17H23N3. The van der Waals surface area contributed by atoms with E-state index in [1.54, 1.807) is 0 Å². The van der Waals surface area contributed by atoms with Crippen LogP contribution in [0.5, 0.6) is 0 Å². The molecule has 1 unspecified atom stereocenters. The third kappa shape index (κ3) is 4.17. The van der Waals surface area contributed by atoms with Gasteiger partial charge >= 0.3 is 0 Å². The highest BCUT2D eigenvalue weighted by atomic mass is 15.1. The van der Waals surface area contributed by atoms with Crippen molar-refractivity contribution in [1.82, 2.24) is 4.90 Å². The quantitative estimate of drug-likeness (QED) is 0.844. The van der Waals surface area contributed by atoms with Gasteiger partial charge in [0, 0.05) is 25.7 Å². The second kappa shape index (κ2) is 7.20. The van der Waals surface area contributed by atoms with Crippen molar-refractivity contribution in [3.05, 3.63) is 60.2 Å². The minimum atomic E-state index is 0.0450. The van der Waals surface area contributed by atoms with Crippen LogP contribution in [0.2, 0.25) is 0 Å². The summed E-state index contributed by atoms with van der Waals surface area (Å²) in [4.78, 5) is 2.20. The van der Waals surface area contributed by atoms with E-state index >= 15 is 0 Å². The molecule has 2 aromatic carbocycles. The molecule has 0 spiro atoms. The van der Waals surface area contributed by atoms with E-state index in [4.69, 9.17) is 11.5 Å². The molecule has 0 radical (unpaired) electrons. The average molecular weight is 269 g/mol. The van der Waals surface area contributed by atoms with E-state index in [9.17, 15) is 0 Å². The van der Waals surface area contributed by atoms with Gasteiger partial charge in [0.1, 0.15) is 0 Å². The topological polar surface area (TPSA) is 55.3 Å². The molecule has 0 aliphatic carbocycles. The van der Waals surface area contributed by atoms with Gasteiger partial charge in [0.2, 0.25) is 0 Å². The molecule has 3 nitrogen and oxygen atoms in total. The second-order valence-electron chi connectivity index (χ2n) is 5.26. The number of hydrogen-bond acceptors (Lipinski definition) is 3. The standard InChI is InChI=1S/C17H23N3/c1-20(13-17(19)11-18)12-14-7-9-16(10-8-14)15-5-3-2-4-6-15/h2-10,17H,11-13,18-19H2,1H3. The Morgan fingerprint density at radius 3 is 2.15 bits per heavy atom. The van der Waals surface area contributed by atoms with Crippen LogP contribution in [-0.2, 0) is 6.54 Å². The van der Waals surface area contributed by atoms with Crippen molar-refractivity contribution in [3.63, 3.8) is 0 Å². The van der Waals surface area contributed by atoms with Crippen LogP contribution in [0.15, 0.2) is 54.6 Å². The van der Waals surface area contributed by atoms with Gasteiger partial charge in [-0.15, -0.1) is 0 Å². The van der Waals surface area contributed by atoms with E-state index < -0.39 is 0 Å². The Balaban J connectivity index is 1.98. The molecule has 0 bridgehead atoms. The minimum absolute atomic E-state index is 0.0450. The lowest BCUT2D eigenvalue weighted by Gasteiger charge is -2.20. The van der Waals surface area contributed by atoms with Crippen LogP contribution in [0.3, 0.4) is 0 Å². The average Bonchev–Trinajstić information content (AvgIpc) is 2.48. The van der Waals surface area contributed by atoms with Gasteiger partial charge < -0.3 is 16.4 Å². The van der Waals surface area contributed by atoms with Crippen molar-refractivity contribution in [2.75, 3.05) is 20.1 Å². The van der Waals surface area contributed by atoms with Gasteiger partial charge in [0.15, 0.2) is 0 Å². The minimum Gasteiger partial charge on any atom is -0.329 e. The summed E-state index contributed by atoms with van der Waals surface area (Å²) >= 11 is 0. The summed E-state index contributed by atoms with van der Waals surface area (Å²) < 4.78 is 0. The van der Waals surface area contributed by atoms with Gasteiger partial charge in [0.25, 0.3) is 0 Å². The maximum absolute atomic E-state index is 5.86. The zero-order valence-corrected chi connectivity index (χ0v) is 12.0. The predicted octanol–water partition coefficient (Wildman–Crippen LogP) is 2.07. The first-order valence-electron chi connectivity index (χ1n) is 6.97. The molecule has 106 valence electrons. The van der Waals surface area contributed by atoms with Gasteiger partial charge in [-0.1, -0.05) is 54.6 Å². The van der Waals surface area contributed by atoms with Crippen LogP contribution in [-0.4, -0.2) is 31.1 Å². The number of nitrogens with zero attached hydrogens (tertiary/aromatic N) is 1. The molecule has 2 rings (SSSR count). The molecule has 20 heavy (non-hydrogen) atoms. The van der Waals surface area contributed by atoms with Crippen molar-refractivity contribution < 1.29 is 0 Å². The first-order chi connectivity index (χ1) is 9.69. The molecule has 0 fully saturated rings. The number of likely N-dealkylation sites (N-methyl/N-ethyl adjacent to an activating group) is 1. The SMILES string of the molecule is CN(Cc1ccc(-c2ccccc2)cc1)CC(N)CN. The molecule has 0 saturated carbocycles. The van der Waals surface area contributed by atoms with E-state index in [0.29, 0.717) is 6.54 Å². The lowest BCUT2D eigenvalue weighted by atomic mass is 10.0. The Morgan fingerprint density at radius 2 is 1.55 bits per heavy atom. The number of nitrogens with two attached hydrogens (primary N) is 2. The molecule has 0 aromatic heterocycles. The summed E-state index contributed by atoms with van der Waals surface area (Å²) in [5.41, 5.74) is 15.2. The first kappa shape index (κ1) is 14.7. The van der Waals surface area contributed by atoms with Crippen molar-refractivity contribution in [2.24, 2.45) is 11.5 Å². The Morgan fingerprint density at radius 1 is 0.950 bits per heavy atom. The summed E-state index contributed by atoms with van der Waals surface area (Å²) in [6.07, 6.45) is 0. The van der Waals surface area contributed by atoms with Crippen molar-refractivity contribution in [1.29, 1.82) is 0 Å². The van der Waals surface area contributed by atoms with E-state index in [1.165, 1.54) is 16.7 Å². The van der Waals surface area contributed by atoms with E-state index in [1.807, 2.05) is 6.07 Å². The molecule has 1 atom stereocenters. The van der Waals surface area contributed by atoms with Gasteiger partial charge in [-0.3, -0.25) is 0 Å². The molecule has 0 aliphatic rings. The summed E-state index contributed by atoms with van der Waals surface area (Å²) in [6.45, 7) is 2.23. The highest BCUT2D eigenvalue weighted by molar-refractivity contribution is 5.63. The van der Waals surface area contributed by atoms with Gasteiger partial charge in [-0.2, -0.15) is 0 Å². The fourth-order valence-electron chi connectivity index (χ4n) is 2.28. The largest absolute Gasteiger partial charge is 0.329 e. The zero-order valence-electron chi connectivity index (χ0n) is 12.0. The number of hydrogen-bond donors (Lipinski definition) is 2. The van der Waals surface area contributed by atoms with E-state index in [0.717, 1.165) is 13.1 Å². The van der Waals surface area contributed by atoms with E-state index in [-0.39, 0.29) is 6.04 Å². The Labute approximate surface area is 121 Å². The van der Waals surface area contributed by atoms with Crippen LogP contribution in [0.25, 0.3) is 11.1 Å². The van der Waals surface area contributed by atoms with Crippen LogP contribution < -0.4 is 11.5 Å². The van der Waals surface area contributed by atoms with Crippen molar-refractivity contribution in [3.8, 4) is 11.1 Å². The van der Waals surface area contributed by atoms with E-state index in [2.05, 4.69) is 60.5 Å². The van der Waals surface area contributed by atoms with Crippen molar-refractivity contribution >= 4 is 0 Å². The van der Waals surface area contributed by atoms with Gasteiger partial charge in [0.05, 0.1) is 0 Å². The first-order valence-corrected chi connectivity index (χ1v) is 6.97. The zero-order chi connectivity index (χ0) is 14.4. The second-order valence-corrected chi connectivity index (χ2v) is 5.26. The summed E-state index contributed by atoms with van der Waals surface area (Å²) in [5, 5.41) is 0. The highest BCUT2D eigenvalue weighted by Crippen LogP contribution is 2.19. The molecular weight excluding hydrogens is 246 g/mol. The summed E-state index contributed by atoms with van der Waals surface area (Å²) in [6, 6.07) is 19.1. The monoisotopic (exact) mass is 269 g/mol. The highest BCUT2D eigenvalue weighted by Gasteiger charge is 2.06. The maximum atomic E-state index is 5.86. The lowest BCUT2D eigenvalue weighted by molar-refractivity contribution is 0.305. The van der Waals surface area contributed by atoms with Crippen LogP contribution >= 0.6 is 0 Å². The fourth-order valence-corrected chi connectivity index (χ4v) is 2.28. The molecule has 3 heteroatoms. The lowest BCUT2D eigenvalue weighted by Crippen LogP contribution is -2.40.